The Balaban J connectivity index is 2.23. The van der Waals surface area contributed by atoms with E-state index in [2.05, 4.69) is 55.6 Å². The molecule has 8 N–H and O–H groups in total. The third-order valence-electron chi connectivity index (χ3n) is 16.7. The zero-order valence-electron chi connectivity index (χ0n) is 52.1. The number of rotatable bonds is 60. The van der Waals surface area contributed by atoms with Crippen LogP contribution in [0.5, 0.6) is 0 Å². The van der Waals surface area contributed by atoms with Crippen LogP contribution in [0, 0.1) is 0 Å². The molecule has 1 saturated heterocycles. The quantitative estimate of drug-likeness (QED) is 0.0215. The van der Waals surface area contributed by atoms with Crippen LogP contribution < -0.4 is 5.32 Å². The zero-order valence-corrected chi connectivity index (χ0v) is 52.1. The lowest BCUT2D eigenvalue weighted by molar-refractivity contribution is -0.303. The van der Waals surface area contributed by atoms with Crippen molar-refractivity contribution in [1.82, 2.24) is 5.32 Å². The summed E-state index contributed by atoms with van der Waals surface area (Å²) in [6.45, 7) is 3.48. The summed E-state index contributed by atoms with van der Waals surface area (Å²) in [7, 11) is 0. The fourth-order valence-corrected chi connectivity index (χ4v) is 11.1. The van der Waals surface area contributed by atoms with Gasteiger partial charge < -0.3 is 50.5 Å². The summed E-state index contributed by atoms with van der Waals surface area (Å²) in [6.07, 6.45) is 62.3. The first kappa shape index (κ1) is 76.3. The van der Waals surface area contributed by atoms with Gasteiger partial charge in [-0.05, 0) is 64.2 Å². The summed E-state index contributed by atoms with van der Waals surface area (Å²) in [5.41, 5.74) is 0. The van der Waals surface area contributed by atoms with E-state index >= 15 is 0 Å². The largest absolute Gasteiger partial charge is 0.394 e. The molecule has 9 unspecified atom stereocenters. The molecule has 472 valence electrons. The molecule has 9 atom stereocenters. The Morgan fingerprint density at radius 3 is 1.11 bits per heavy atom. The second kappa shape index (κ2) is 57.7. The van der Waals surface area contributed by atoms with Gasteiger partial charge in [0.1, 0.15) is 36.6 Å². The van der Waals surface area contributed by atoms with E-state index in [0.717, 1.165) is 44.9 Å². The number of aliphatic hydroxyl groups is 7. The molecule has 0 aliphatic carbocycles. The van der Waals surface area contributed by atoms with Crippen molar-refractivity contribution >= 4 is 5.91 Å². The maximum atomic E-state index is 13.2. The standard InChI is InChI=1S/C69H131NO10/c1-3-5-7-9-11-13-15-17-19-21-23-25-27-28-29-30-31-32-33-35-37-39-41-43-45-47-49-51-53-55-57-62(73)68(78)70-60(59-79-69-67(77)66(76)65(75)63(58-71)80-69)64(74)61(72)56-54-52-50-48-46-44-42-40-38-36-34-26-24-22-20-18-16-14-12-10-8-6-4-2/h26,34,40,42,48,50,60-67,69,71-77H,3-25,27-33,35-39,41,43-47,49,51-59H2,1-2H3,(H,70,78)/b34-26+,42-40+,50-48+. The minimum atomic E-state index is -1.67. The first-order chi connectivity index (χ1) is 39.2. The molecule has 1 aliphatic rings. The first-order valence-corrected chi connectivity index (χ1v) is 34.4. The van der Waals surface area contributed by atoms with E-state index in [-0.39, 0.29) is 12.8 Å². The Hall–Kier alpha value is -1.67. The van der Waals surface area contributed by atoms with Crippen molar-refractivity contribution in [1.29, 1.82) is 0 Å². The number of unbranched alkanes of at least 4 members (excludes halogenated alkanes) is 42. The predicted molar refractivity (Wildman–Crippen MR) is 335 cm³/mol. The topological polar surface area (TPSA) is 189 Å². The number of aliphatic hydroxyl groups excluding tert-OH is 7. The minimum absolute atomic E-state index is 0.243. The minimum Gasteiger partial charge on any atom is -0.394 e. The van der Waals surface area contributed by atoms with Crippen molar-refractivity contribution in [3.63, 3.8) is 0 Å². The summed E-state index contributed by atoms with van der Waals surface area (Å²) >= 11 is 0. The van der Waals surface area contributed by atoms with Gasteiger partial charge >= 0.3 is 0 Å². The molecular weight excluding hydrogens is 1000 g/mol. The van der Waals surface area contributed by atoms with Crippen LogP contribution >= 0.6 is 0 Å². The number of ether oxygens (including phenoxy) is 2. The predicted octanol–water partition coefficient (Wildman–Crippen LogP) is 16.2. The summed E-state index contributed by atoms with van der Waals surface area (Å²) in [5.74, 6) is -0.706. The summed E-state index contributed by atoms with van der Waals surface area (Å²) in [6, 6.07) is -1.19. The van der Waals surface area contributed by atoms with Gasteiger partial charge in [0.25, 0.3) is 0 Å². The third kappa shape index (κ3) is 44.8. The molecule has 1 amide bonds. The highest BCUT2D eigenvalue weighted by Crippen LogP contribution is 2.24. The lowest BCUT2D eigenvalue weighted by Gasteiger charge is -2.40. The maximum Gasteiger partial charge on any atom is 0.249 e. The average Bonchev–Trinajstić information content (AvgIpc) is 3.47. The molecule has 1 rings (SSSR count). The highest BCUT2D eigenvalue weighted by atomic mass is 16.7. The molecule has 0 radical (unpaired) electrons. The van der Waals surface area contributed by atoms with E-state index in [1.165, 1.54) is 238 Å². The molecule has 11 nitrogen and oxygen atoms in total. The van der Waals surface area contributed by atoms with E-state index in [4.69, 9.17) is 9.47 Å². The van der Waals surface area contributed by atoms with Gasteiger partial charge in [0.15, 0.2) is 6.29 Å². The van der Waals surface area contributed by atoms with Crippen LogP contribution in [0.1, 0.15) is 328 Å². The maximum absolute atomic E-state index is 13.2. The first-order valence-electron chi connectivity index (χ1n) is 34.4. The highest BCUT2D eigenvalue weighted by Gasteiger charge is 2.44. The van der Waals surface area contributed by atoms with Crippen molar-refractivity contribution in [3.8, 4) is 0 Å². The Bertz CT molecular complexity index is 1390. The summed E-state index contributed by atoms with van der Waals surface area (Å²) in [4.78, 5) is 13.2. The molecule has 0 saturated carbocycles. The SMILES string of the molecule is CCCCCCCCCCCC/C=C/CC/C=C/CC/C=C/CCCC(O)C(O)C(COC1OC(CO)C(O)C(O)C1O)NC(=O)C(O)CCCCCCCCCCCCCCCCCCCCCCCCCCCCCCCC. The Kier molecular flexibility index (Phi) is 55.1. The zero-order chi connectivity index (χ0) is 58.2. The highest BCUT2D eigenvalue weighted by molar-refractivity contribution is 5.80. The molecule has 0 spiro atoms. The lowest BCUT2D eigenvalue weighted by Crippen LogP contribution is -2.60. The monoisotopic (exact) mass is 1130 g/mol. The number of hydrogen-bond donors (Lipinski definition) is 8. The van der Waals surface area contributed by atoms with Gasteiger partial charge in [0.2, 0.25) is 5.91 Å². The van der Waals surface area contributed by atoms with Crippen LogP contribution in [0.3, 0.4) is 0 Å². The number of nitrogens with one attached hydrogen (secondary N) is 1. The van der Waals surface area contributed by atoms with Gasteiger partial charge in [0.05, 0.1) is 25.4 Å². The van der Waals surface area contributed by atoms with Gasteiger partial charge in [-0.1, -0.05) is 301 Å². The number of carbonyl (C=O) groups excluding carboxylic acids is 1. The van der Waals surface area contributed by atoms with Crippen molar-refractivity contribution in [2.45, 2.75) is 384 Å². The molecule has 0 aromatic heterocycles. The fourth-order valence-electron chi connectivity index (χ4n) is 11.1. The summed E-state index contributed by atoms with van der Waals surface area (Å²) in [5, 5.41) is 76.4. The van der Waals surface area contributed by atoms with Gasteiger partial charge in [-0.25, -0.2) is 0 Å². The lowest BCUT2D eigenvalue weighted by atomic mass is 9.98. The molecule has 1 heterocycles. The van der Waals surface area contributed by atoms with E-state index in [9.17, 15) is 40.5 Å². The number of allylic oxidation sites excluding steroid dienone is 6. The van der Waals surface area contributed by atoms with Crippen molar-refractivity contribution in [2.75, 3.05) is 13.2 Å². The molecule has 0 aromatic carbocycles. The number of carbonyl (C=O) groups is 1. The van der Waals surface area contributed by atoms with E-state index < -0.39 is 74.2 Å². The van der Waals surface area contributed by atoms with Crippen LogP contribution in [0.4, 0.5) is 0 Å². The normalized spacial score (nSPS) is 19.4. The third-order valence-corrected chi connectivity index (χ3v) is 16.7. The molecule has 0 aromatic rings. The molecule has 80 heavy (non-hydrogen) atoms. The van der Waals surface area contributed by atoms with Gasteiger partial charge in [0, 0.05) is 0 Å². The Labute approximate surface area is 492 Å². The van der Waals surface area contributed by atoms with E-state index in [1.54, 1.807) is 0 Å². The van der Waals surface area contributed by atoms with E-state index in [1.807, 2.05) is 0 Å². The number of hydrogen-bond acceptors (Lipinski definition) is 10. The average molecular weight is 1130 g/mol. The molecular formula is C69H131NO10. The van der Waals surface area contributed by atoms with Gasteiger partial charge in [-0.3, -0.25) is 4.79 Å². The Morgan fingerprint density at radius 2 is 0.750 bits per heavy atom. The second-order valence-electron chi connectivity index (χ2n) is 24.2. The summed E-state index contributed by atoms with van der Waals surface area (Å²) < 4.78 is 11.2. The molecule has 1 aliphatic heterocycles. The van der Waals surface area contributed by atoms with Crippen LogP contribution in [0.2, 0.25) is 0 Å². The van der Waals surface area contributed by atoms with Crippen LogP contribution in [-0.2, 0) is 14.3 Å². The fraction of sp³-hybridized carbons (Fsp3) is 0.899. The Morgan fingerprint density at radius 1 is 0.425 bits per heavy atom. The van der Waals surface area contributed by atoms with Crippen LogP contribution in [0.25, 0.3) is 0 Å². The van der Waals surface area contributed by atoms with E-state index in [0.29, 0.717) is 19.3 Å². The van der Waals surface area contributed by atoms with Crippen molar-refractivity contribution < 1.29 is 50.0 Å². The molecule has 0 bridgehead atoms. The van der Waals surface area contributed by atoms with Crippen molar-refractivity contribution in [3.05, 3.63) is 36.5 Å². The second-order valence-corrected chi connectivity index (χ2v) is 24.2. The van der Waals surface area contributed by atoms with Crippen LogP contribution in [0.15, 0.2) is 36.5 Å². The van der Waals surface area contributed by atoms with Gasteiger partial charge in [-0.15, -0.1) is 0 Å². The van der Waals surface area contributed by atoms with Crippen molar-refractivity contribution in [2.24, 2.45) is 0 Å². The molecule has 11 heteroatoms. The molecule has 1 fully saturated rings. The number of amides is 1. The smallest absolute Gasteiger partial charge is 0.249 e. The van der Waals surface area contributed by atoms with Crippen LogP contribution in [-0.4, -0.2) is 110 Å². The van der Waals surface area contributed by atoms with Gasteiger partial charge in [-0.2, -0.15) is 0 Å².